The van der Waals surface area contributed by atoms with Crippen molar-refractivity contribution >= 4 is 34.0 Å². The van der Waals surface area contributed by atoms with Crippen LogP contribution in [0.2, 0.25) is 0 Å². The third-order valence-corrected chi connectivity index (χ3v) is 5.39. The van der Waals surface area contributed by atoms with E-state index in [4.69, 9.17) is 4.98 Å². The number of aromatic nitrogens is 1. The van der Waals surface area contributed by atoms with Crippen LogP contribution in [0.3, 0.4) is 0 Å². The number of carbonyl (C=O) groups is 1. The number of para-hydroxylation sites is 1. The zero-order valence-electron chi connectivity index (χ0n) is 13.6. The molecule has 0 spiro atoms. The van der Waals surface area contributed by atoms with Crippen LogP contribution in [0.4, 0.5) is 5.82 Å². The summed E-state index contributed by atoms with van der Waals surface area (Å²) in [5, 5.41) is 3.15. The topological polar surface area (TPSA) is 36.4 Å². The van der Waals surface area contributed by atoms with Crippen LogP contribution in [0.1, 0.15) is 15.2 Å². The molecule has 0 N–H and O–H groups in total. The van der Waals surface area contributed by atoms with Gasteiger partial charge in [-0.25, -0.2) is 4.98 Å². The second-order valence-corrected chi connectivity index (χ2v) is 7.02. The quantitative estimate of drug-likeness (QED) is 0.717. The molecule has 1 aromatic carbocycles. The zero-order valence-corrected chi connectivity index (χ0v) is 14.4. The summed E-state index contributed by atoms with van der Waals surface area (Å²) in [5.74, 6) is 1.15. The number of pyridine rings is 1. The highest BCUT2D eigenvalue weighted by Crippen LogP contribution is 2.23. The van der Waals surface area contributed by atoms with Crippen molar-refractivity contribution in [3.8, 4) is 0 Å². The van der Waals surface area contributed by atoms with Crippen LogP contribution in [0.25, 0.3) is 10.9 Å². The smallest absolute Gasteiger partial charge is 0.264 e. The first-order chi connectivity index (χ1) is 11.7. The molecule has 0 radical (unpaired) electrons. The maximum atomic E-state index is 12.4. The van der Waals surface area contributed by atoms with Crippen LogP contribution >= 0.6 is 11.3 Å². The Morgan fingerprint density at radius 3 is 2.62 bits per heavy atom. The lowest BCUT2D eigenvalue weighted by Gasteiger charge is -2.35. The van der Waals surface area contributed by atoms with Crippen LogP contribution in [0, 0.1) is 6.92 Å². The van der Waals surface area contributed by atoms with Gasteiger partial charge in [0.05, 0.1) is 10.4 Å². The number of rotatable bonds is 2. The second kappa shape index (κ2) is 6.24. The van der Waals surface area contributed by atoms with E-state index in [1.165, 1.54) is 22.3 Å². The van der Waals surface area contributed by atoms with Crippen molar-refractivity contribution in [1.82, 2.24) is 9.88 Å². The maximum Gasteiger partial charge on any atom is 0.264 e. The van der Waals surface area contributed by atoms with Gasteiger partial charge in [0.1, 0.15) is 5.82 Å². The first-order valence-corrected chi connectivity index (χ1v) is 9.04. The van der Waals surface area contributed by atoms with Gasteiger partial charge < -0.3 is 9.80 Å². The average Bonchev–Trinajstić information content (AvgIpc) is 3.16. The normalized spacial score (nSPS) is 15.0. The fraction of sp³-hybridized carbons (Fsp3) is 0.263. The molecule has 0 aliphatic carbocycles. The Kier molecular flexibility index (Phi) is 3.94. The molecule has 0 saturated carbocycles. The van der Waals surface area contributed by atoms with Gasteiger partial charge in [0.25, 0.3) is 5.91 Å². The minimum atomic E-state index is 0.146. The van der Waals surface area contributed by atoms with Crippen LogP contribution < -0.4 is 4.90 Å². The Bertz CT molecular complexity index is 867. The lowest BCUT2D eigenvalue weighted by Crippen LogP contribution is -2.48. The van der Waals surface area contributed by atoms with Crippen molar-refractivity contribution in [1.29, 1.82) is 0 Å². The lowest BCUT2D eigenvalue weighted by atomic mass is 10.1. The number of anilines is 1. The Morgan fingerprint density at radius 1 is 1.08 bits per heavy atom. The van der Waals surface area contributed by atoms with E-state index in [0.717, 1.165) is 42.4 Å². The van der Waals surface area contributed by atoms with Gasteiger partial charge in [0.15, 0.2) is 0 Å². The number of benzene rings is 1. The zero-order chi connectivity index (χ0) is 16.5. The van der Waals surface area contributed by atoms with E-state index < -0.39 is 0 Å². The molecule has 0 bridgehead atoms. The van der Waals surface area contributed by atoms with E-state index in [2.05, 4.69) is 30.0 Å². The van der Waals surface area contributed by atoms with Crippen molar-refractivity contribution in [3.05, 3.63) is 58.3 Å². The summed E-state index contributed by atoms with van der Waals surface area (Å²) in [7, 11) is 0. The van der Waals surface area contributed by atoms with Gasteiger partial charge in [-0.05, 0) is 36.1 Å². The molecule has 1 amide bonds. The third kappa shape index (κ3) is 2.76. The molecule has 1 saturated heterocycles. The number of carbonyl (C=O) groups excluding carboxylic acids is 1. The molecule has 3 aromatic rings. The van der Waals surface area contributed by atoms with Gasteiger partial charge in [0.2, 0.25) is 0 Å². The van der Waals surface area contributed by atoms with Gasteiger partial charge in [-0.1, -0.05) is 24.3 Å². The monoisotopic (exact) mass is 337 g/mol. The molecule has 0 unspecified atom stereocenters. The molecule has 3 heterocycles. The molecule has 2 aromatic heterocycles. The summed E-state index contributed by atoms with van der Waals surface area (Å²) in [5.41, 5.74) is 2.28. The summed E-state index contributed by atoms with van der Waals surface area (Å²) < 4.78 is 0. The molecule has 5 heteroatoms. The highest BCUT2D eigenvalue weighted by atomic mass is 32.1. The van der Waals surface area contributed by atoms with Crippen LogP contribution in [0.15, 0.2) is 47.8 Å². The molecular formula is C19H19N3OS. The van der Waals surface area contributed by atoms with Gasteiger partial charge in [0, 0.05) is 31.6 Å². The maximum absolute atomic E-state index is 12.4. The number of hydrogen-bond acceptors (Lipinski definition) is 4. The molecule has 1 aliphatic heterocycles. The van der Waals surface area contributed by atoms with Crippen molar-refractivity contribution in [2.75, 3.05) is 31.1 Å². The first-order valence-electron chi connectivity index (χ1n) is 8.16. The fourth-order valence-corrected chi connectivity index (χ4v) is 3.88. The van der Waals surface area contributed by atoms with E-state index in [9.17, 15) is 4.79 Å². The van der Waals surface area contributed by atoms with Crippen molar-refractivity contribution in [2.45, 2.75) is 6.92 Å². The molecule has 24 heavy (non-hydrogen) atoms. The number of hydrogen-bond donors (Lipinski definition) is 0. The predicted molar refractivity (Wildman–Crippen MR) is 98.9 cm³/mol. The number of thiophene rings is 1. The van der Waals surface area contributed by atoms with Gasteiger partial charge in [-0.15, -0.1) is 11.3 Å². The van der Waals surface area contributed by atoms with Crippen molar-refractivity contribution in [2.24, 2.45) is 0 Å². The third-order valence-electron chi connectivity index (χ3n) is 4.53. The summed E-state index contributed by atoms with van der Waals surface area (Å²) in [6.07, 6.45) is 0. The minimum absolute atomic E-state index is 0.146. The second-order valence-electron chi connectivity index (χ2n) is 6.07. The van der Waals surface area contributed by atoms with E-state index in [-0.39, 0.29) is 5.91 Å². The Hall–Kier alpha value is -2.40. The summed E-state index contributed by atoms with van der Waals surface area (Å²) >= 11 is 1.51. The van der Waals surface area contributed by atoms with E-state index in [1.807, 2.05) is 34.5 Å². The first kappa shape index (κ1) is 15.1. The van der Waals surface area contributed by atoms with Crippen LogP contribution in [-0.2, 0) is 0 Å². The lowest BCUT2D eigenvalue weighted by molar-refractivity contribution is 0.0751. The number of piperazine rings is 1. The highest BCUT2D eigenvalue weighted by molar-refractivity contribution is 7.12. The summed E-state index contributed by atoms with van der Waals surface area (Å²) in [4.78, 5) is 22.3. The molecular weight excluding hydrogens is 318 g/mol. The van der Waals surface area contributed by atoms with Gasteiger partial charge >= 0.3 is 0 Å². The number of fused-ring (bicyclic) bond motifs is 1. The summed E-state index contributed by atoms with van der Waals surface area (Å²) in [6, 6.07) is 14.2. The Morgan fingerprint density at radius 2 is 1.88 bits per heavy atom. The standard InChI is InChI=1S/C19H19N3OS/c1-14-13-18(20-16-6-3-2-5-15(14)16)21-8-10-22(11-9-21)19(23)17-7-4-12-24-17/h2-7,12-13H,8-11H2,1H3. The molecule has 4 rings (SSSR count). The molecule has 1 aliphatic rings. The molecule has 4 nitrogen and oxygen atoms in total. The number of amides is 1. The van der Waals surface area contributed by atoms with E-state index in [1.54, 1.807) is 0 Å². The number of aryl methyl sites for hydroxylation is 1. The van der Waals surface area contributed by atoms with E-state index in [0.29, 0.717) is 0 Å². The largest absolute Gasteiger partial charge is 0.353 e. The Labute approximate surface area is 145 Å². The Balaban J connectivity index is 1.51. The predicted octanol–water partition coefficient (Wildman–Crippen LogP) is 3.57. The van der Waals surface area contributed by atoms with E-state index >= 15 is 0 Å². The van der Waals surface area contributed by atoms with Gasteiger partial charge in [-0.2, -0.15) is 0 Å². The molecule has 122 valence electrons. The van der Waals surface area contributed by atoms with Crippen LogP contribution in [0.5, 0.6) is 0 Å². The summed E-state index contributed by atoms with van der Waals surface area (Å²) in [6.45, 7) is 5.25. The van der Waals surface area contributed by atoms with Crippen molar-refractivity contribution in [3.63, 3.8) is 0 Å². The fourth-order valence-electron chi connectivity index (χ4n) is 3.19. The molecule has 1 fully saturated rings. The average molecular weight is 337 g/mol. The molecule has 0 atom stereocenters. The van der Waals surface area contributed by atoms with Gasteiger partial charge in [-0.3, -0.25) is 4.79 Å². The number of nitrogens with zero attached hydrogens (tertiary/aromatic N) is 3. The van der Waals surface area contributed by atoms with Crippen LogP contribution in [-0.4, -0.2) is 42.0 Å². The SMILES string of the molecule is Cc1cc(N2CCN(C(=O)c3cccs3)CC2)nc2ccccc12. The minimum Gasteiger partial charge on any atom is -0.353 e. The highest BCUT2D eigenvalue weighted by Gasteiger charge is 2.23. The van der Waals surface area contributed by atoms with Crippen molar-refractivity contribution < 1.29 is 4.79 Å².